The fraction of sp³-hybridized carbons (Fsp3) is 0.400. The van der Waals surface area contributed by atoms with E-state index in [1.807, 2.05) is 0 Å². The molecule has 2 N–H and O–H groups in total. The van der Waals surface area contributed by atoms with Gasteiger partial charge in [-0.1, -0.05) is 5.16 Å². The summed E-state index contributed by atoms with van der Waals surface area (Å²) >= 11 is 3.41. The number of fused-ring (bicyclic) bond motifs is 1. The van der Waals surface area contributed by atoms with E-state index >= 15 is 0 Å². The number of nitrogens with zero attached hydrogens (tertiary/aromatic N) is 2. The molecular formula is C10H11BrN4O. The van der Waals surface area contributed by atoms with Crippen LogP contribution in [0.5, 0.6) is 0 Å². The third-order valence-corrected chi connectivity index (χ3v) is 3.45. The van der Waals surface area contributed by atoms with Crippen LogP contribution in [-0.2, 0) is 6.42 Å². The number of nitrogens with one attached hydrogen (secondary N) is 2. The molecule has 3 rings (SSSR count). The zero-order valence-electron chi connectivity index (χ0n) is 8.75. The van der Waals surface area contributed by atoms with Crippen molar-refractivity contribution < 1.29 is 4.52 Å². The molecule has 6 heteroatoms. The quantitative estimate of drug-likeness (QED) is 0.840. The molecule has 2 aromatic rings. The maximum Gasteiger partial charge on any atom is 0.146 e. The predicted molar refractivity (Wildman–Crippen MR) is 61.9 cm³/mol. The Morgan fingerprint density at radius 1 is 1.56 bits per heavy atom. The third kappa shape index (κ3) is 1.41. The zero-order valence-corrected chi connectivity index (χ0v) is 10.3. The van der Waals surface area contributed by atoms with E-state index in [1.54, 1.807) is 6.26 Å². The molecule has 2 aromatic heterocycles. The highest BCUT2D eigenvalue weighted by Crippen LogP contribution is 2.34. The summed E-state index contributed by atoms with van der Waals surface area (Å²) in [5.74, 6) is 0. The third-order valence-electron chi connectivity index (χ3n) is 2.89. The number of rotatable bonds is 1. The Balaban J connectivity index is 2.16. The molecule has 0 unspecified atom stereocenters. The number of aromatic nitrogens is 3. The van der Waals surface area contributed by atoms with Crippen LogP contribution in [-0.4, -0.2) is 21.9 Å². The minimum absolute atomic E-state index is 0.293. The smallest absolute Gasteiger partial charge is 0.146 e. The summed E-state index contributed by atoms with van der Waals surface area (Å²) in [7, 11) is 0. The van der Waals surface area contributed by atoms with Gasteiger partial charge in [-0.3, -0.25) is 5.10 Å². The van der Waals surface area contributed by atoms with E-state index in [9.17, 15) is 0 Å². The van der Waals surface area contributed by atoms with Crippen LogP contribution in [0, 0.1) is 0 Å². The second-order valence-electron chi connectivity index (χ2n) is 3.90. The molecule has 0 aliphatic carbocycles. The van der Waals surface area contributed by atoms with Gasteiger partial charge in [0, 0.05) is 24.6 Å². The molecule has 0 saturated heterocycles. The summed E-state index contributed by atoms with van der Waals surface area (Å²) in [6.07, 6.45) is 2.52. The number of hydrogen-bond donors (Lipinski definition) is 2. The van der Waals surface area contributed by atoms with Gasteiger partial charge in [-0.25, -0.2) is 0 Å². The lowest BCUT2D eigenvalue weighted by Crippen LogP contribution is -2.27. The second-order valence-corrected chi connectivity index (χ2v) is 4.75. The molecule has 0 aromatic carbocycles. The Morgan fingerprint density at radius 2 is 2.44 bits per heavy atom. The lowest BCUT2D eigenvalue weighted by Gasteiger charge is -2.20. The van der Waals surface area contributed by atoms with Crippen molar-refractivity contribution in [3.63, 3.8) is 0 Å². The molecule has 3 heterocycles. The number of H-pyrrole nitrogens is 1. The standard InChI is InChI=1S/C10H11BrN4O/c1-5-8-7(2-3-12-5)13-14-10(8)9-6(11)4-16-15-9/h4-5,12H,2-3H2,1H3,(H,13,14)/t5-/m1/s1. The minimum Gasteiger partial charge on any atom is -0.363 e. The second kappa shape index (κ2) is 3.71. The first-order chi connectivity index (χ1) is 7.77. The number of aromatic amines is 1. The molecular weight excluding hydrogens is 272 g/mol. The van der Waals surface area contributed by atoms with Crippen molar-refractivity contribution in [1.29, 1.82) is 0 Å². The van der Waals surface area contributed by atoms with Crippen LogP contribution in [0.25, 0.3) is 11.4 Å². The van der Waals surface area contributed by atoms with Gasteiger partial charge in [-0.2, -0.15) is 5.10 Å². The maximum absolute atomic E-state index is 4.93. The van der Waals surface area contributed by atoms with Gasteiger partial charge in [-0.15, -0.1) is 0 Å². The van der Waals surface area contributed by atoms with Gasteiger partial charge in [0.15, 0.2) is 0 Å². The summed E-state index contributed by atoms with van der Waals surface area (Å²) in [5.41, 5.74) is 4.04. The summed E-state index contributed by atoms with van der Waals surface area (Å²) in [6.45, 7) is 3.10. The average molecular weight is 283 g/mol. The van der Waals surface area contributed by atoms with Gasteiger partial charge in [-0.05, 0) is 22.9 Å². The van der Waals surface area contributed by atoms with E-state index in [4.69, 9.17) is 4.52 Å². The van der Waals surface area contributed by atoms with E-state index in [1.165, 1.54) is 5.56 Å². The van der Waals surface area contributed by atoms with Gasteiger partial charge in [0.1, 0.15) is 12.0 Å². The topological polar surface area (TPSA) is 66.7 Å². The lowest BCUT2D eigenvalue weighted by atomic mass is 9.99. The Bertz CT molecular complexity index is 519. The fourth-order valence-electron chi connectivity index (χ4n) is 2.12. The van der Waals surface area contributed by atoms with Crippen LogP contribution in [0.1, 0.15) is 24.2 Å². The molecule has 0 spiro atoms. The molecule has 0 radical (unpaired) electrons. The van der Waals surface area contributed by atoms with Crippen molar-refractivity contribution in [2.45, 2.75) is 19.4 Å². The molecule has 0 amide bonds. The zero-order chi connectivity index (χ0) is 11.1. The summed E-state index contributed by atoms with van der Waals surface area (Å²) in [4.78, 5) is 0. The molecule has 1 aliphatic heterocycles. The summed E-state index contributed by atoms with van der Waals surface area (Å²) in [6, 6.07) is 0.293. The number of hydrogen-bond acceptors (Lipinski definition) is 4. The molecule has 5 nitrogen and oxygen atoms in total. The van der Waals surface area contributed by atoms with Crippen LogP contribution >= 0.6 is 15.9 Å². The predicted octanol–water partition coefficient (Wildman–Crippen LogP) is 2.03. The first-order valence-electron chi connectivity index (χ1n) is 5.18. The van der Waals surface area contributed by atoms with Crippen molar-refractivity contribution in [3.05, 3.63) is 22.0 Å². The van der Waals surface area contributed by atoms with Crippen molar-refractivity contribution in [1.82, 2.24) is 20.7 Å². The van der Waals surface area contributed by atoms with Crippen LogP contribution in [0.3, 0.4) is 0 Å². The van der Waals surface area contributed by atoms with Crippen molar-refractivity contribution in [2.24, 2.45) is 0 Å². The van der Waals surface area contributed by atoms with Crippen molar-refractivity contribution in [2.75, 3.05) is 6.54 Å². The molecule has 1 atom stereocenters. The van der Waals surface area contributed by atoms with E-state index in [0.717, 1.165) is 34.5 Å². The van der Waals surface area contributed by atoms with E-state index in [0.29, 0.717) is 6.04 Å². The molecule has 0 saturated carbocycles. The summed E-state index contributed by atoms with van der Waals surface area (Å²) in [5, 5.41) is 14.8. The highest BCUT2D eigenvalue weighted by Gasteiger charge is 2.25. The minimum atomic E-state index is 0.293. The summed E-state index contributed by atoms with van der Waals surface area (Å²) < 4.78 is 5.77. The molecule has 0 bridgehead atoms. The largest absolute Gasteiger partial charge is 0.363 e. The van der Waals surface area contributed by atoms with Gasteiger partial charge in [0.05, 0.1) is 15.9 Å². The highest BCUT2D eigenvalue weighted by atomic mass is 79.9. The van der Waals surface area contributed by atoms with Gasteiger partial charge >= 0.3 is 0 Å². The SMILES string of the molecule is C[C@H]1NCCc2n[nH]c(-c3nocc3Br)c21. The van der Waals surface area contributed by atoms with Crippen molar-refractivity contribution >= 4 is 15.9 Å². The Kier molecular flexibility index (Phi) is 2.33. The van der Waals surface area contributed by atoms with E-state index in [-0.39, 0.29) is 0 Å². The molecule has 1 aliphatic rings. The molecule has 84 valence electrons. The molecule has 16 heavy (non-hydrogen) atoms. The van der Waals surface area contributed by atoms with Gasteiger partial charge < -0.3 is 9.84 Å². The monoisotopic (exact) mass is 282 g/mol. The van der Waals surface area contributed by atoms with E-state index in [2.05, 4.69) is 43.5 Å². The van der Waals surface area contributed by atoms with Crippen LogP contribution < -0.4 is 5.32 Å². The average Bonchev–Trinajstić information content (AvgIpc) is 2.84. The maximum atomic E-state index is 4.93. The van der Waals surface area contributed by atoms with Crippen LogP contribution in [0.15, 0.2) is 15.3 Å². The Hall–Kier alpha value is -1.14. The van der Waals surface area contributed by atoms with Crippen molar-refractivity contribution in [3.8, 4) is 11.4 Å². The highest BCUT2D eigenvalue weighted by molar-refractivity contribution is 9.10. The Labute approximate surface area is 101 Å². The van der Waals surface area contributed by atoms with E-state index < -0.39 is 0 Å². The van der Waals surface area contributed by atoms with Gasteiger partial charge in [0.25, 0.3) is 0 Å². The Morgan fingerprint density at radius 3 is 3.19 bits per heavy atom. The first-order valence-corrected chi connectivity index (χ1v) is 5.97. The van der Waals surface area contributed by atoms with Gasteiger partial charge in [0.2, 0.25) is 0 Å². The fourth-order valence-corrected chi connectivity index (χ4v) is 2.48. The molecule has 0 fully saturated rings. The van der Waals surface area contributed by atoms with Crippen LogP contribution in [0.4, 0.5) is 0 Å². The normalized spacial score (nSPS) is 19.8. The first kappa shape index (κ1) is 10.0. The van der Waals surface area contributed by atoms with Crippen LogP contribution in [0.2, 0.25) is 0 Å². The number of halogens is 1. The lowest BCUT2D eigenvalue weighted by molar-refractivity contribution is 0.421.